The molecule has 0 aromatic heterocycles. The number of aryl methyl sites for hydroxylation is 1. The van der Waals surface area contributed by atoms with Gasteiger partial charge < -0.3 is 18.9 Å². The Kier molecular flexibility index (Phi) is 14.9. The lowest BCUT2D eigenvalue weighted by molar-refractivity contribution is -0.137. The summed E-state index contributed by atoms with van der Waals surface area (Å²) in [7, 11) is 0. The average Bonchev–Trinajstić information content (AvgIpc) is 2.96. The Hall–Kier alpha value is -4.39. The van der Waals surface area contributed by atoms with E-state index in [1.54, 1.807) is 43.3 Å². The van der Waals surface area contributed by atoms with Gasteiger partial charge in [-0.1, -0.05) is 46.1 Å². The minimum atomic E-state index is -0.580. The summed E-state index contributed by atoms with van der Waals surface area (Å²) in [5.74, 6) is -0.450. The van der Waals surface area contributed by atoms with Crippen molar-refractivity contribution in [2.24, 2.45) is 0 Å². The Morgan fingerprint density at radius 2 is 1.37 bits per heavy atom. The molecular weight excluding hydrogens is 484 g/mol. The van der Waals surface area contributed by atoms with E-state index in [0.29, 0.717) is 35.7 Å². The fraction of sp³-hybridized carbons (Fsp3) is 0.258. The van der Waals surface area contributed by atoms with Gasteiger partial charge in [-0.2, -0.15) is 0 Å². The fourth-order valence-electron chi connectivity index (χ4n) is 2.79. The second kappa shape index (κ2) is 17.9. The van der Waals surface area contributed by atoms with Crippen molar-refractivity contribution in [3.8, 4) is 5.75 Å². The van der Waals surface area contributed by atoms with Crippen LogP contribution in [0.3, 0.4) is 0 Å². The van der Waals surface area contributed by atoms with Crippen LogP contribution in [0.4, 0.5) is 0 Å². The molecule has 0 unspecified atom stereocenters. The van der Waals surface area contributed by atoms with Crippen molar-refractivity contribution in [2.75, 3.05) is 13.2 Å². The van der Waals surface area contributed by atoms with Crippen molar-refractivity contribution in [2.45, 2.75) is 40.5 Å². The normalized spacial score (nSPS) is 10.8. The smallest absolute Gasteiger partial charge is 0.343 e. The van der Waals surface area contributed by atoms with Crippen molar-refractivity contribution in [1.29, 1.82) is 0 Å². The standard InChI is InChI=1S/C29H30O7.C2H6/c1-5-22-10-12-23(13-11-22)28(31)35-21(4)9-16-25(6-2)36-29(32)24-14-17-26(18-15-24)33-19-8-20-34-27(30)7-3;1-2/h6-7,9-18H,2-3,5,8,19-20H2,1,4H3;1-2H3/b21-9+,25-16+;. The van der Waals surface area contributed by atoms with Gasteiger partial charge in [-0.05, 0) is 73.5 Å². The van der Waals surface area contributed by atoms with Gasteiger partial charge in [-0.15, -0.1) is 0 Å². The fourth-order valence-corrected chi connectivity index (χ4v) is 2.79. The number of carbonyl (C=O) groups excluding carboxylic acids is 3. The van der Waals surface area contributed by atoms with Crippen LogP contribution >= 0.6 is 0 Å². The molecular formula is C31H36O7. The zero-order chi connectivity index (χ0) is 28.3. The third-order valence-corrected chi connectivity index (χ3v) is 4.80. The van der Waals surface area contributed by atoms with Gasteiger partial charge in [-0.3, -0.25) is 0 Å². The zero-order valence-corrected chi connectivity index (χ0v) is 22.5. The topological polar surface area (TPSA) is 88.1 Å². The van der Waals surface area contributed by atoms with E-state index >= 15 is 0 Å². The number of hydrogen-bond donors (Lipinski definition) is 0. The van der Waals surface area contributed by atoms with Crippen LogP contribution in [0.25, 0.3) is 0 Å². The molecule has 0 aliphatic rings. The molecule has 2 aromatic carbocycles. The van der Waals surface area contributed by atoms with Crippen LogP contribution < -0.4 is 4.74 Å². The first-order valence-corrected chi connectivity index (χ1v) is 12.4. The Labute approximate surface area is 225 Å². The minimum absolute atomic E-state index is 0.192. The van der Waals surface area contributed by atoms with E-state index in [-0.39, 0.29) is 12.4 Å². The zero-order valence-electron chi connectivity index (χ0n) is 22.5. The van der Waals surface area contributed by atoms with Gasteiger partial charge >= 0.3 is 17.9 Å². The maximum atomic E-state index is 12.5. The molecule has 2 rings (SSSR count). The molecule has 0 aliphatic heterocycles. The number of hydrogen-bond acceptors (Lipinski definition) is 7. The molecule has 0 spiro atoms. The van der Waals surface area contributed by atoms with Crippen LogP contribution in [0.2, 0.25) is 0 Å². The molecule has 0 saturated carbocycles. The van der Waals surface area contributed by atoms with Gasteiger partial charge in [0, 0.05) is 12.5 Å². The van der Waals surface area contributed by atoms with Crippen LogP contribution in [0.15, 0.2) is 97.5 Å². The van der Waals surface area contributed by atoms with Gasteiger partial charge in [-0.25, -0.2) is 14.4 Å². The Morgan fingerprint density at radius 1 is 0.789 bits per heavy atom. The van der Waals surface area contributed by atoms with E-state index < -0.39 is 17.9 Å². The quantitative estimate of drug-likeness (QED) is 0.0720. The van der Waals surface area contributed by atoms with E-state index in [2.05, 4.69) is 13.2 Å². The summed E-state index contributed by atoms with van der Waals surface area (Å²) in [6, 6.07) is 13.6. The van der Waals surface area contributed by atoms with E-state index in [1.807, 2.05) is 32.9 Å². The predicted octanol–water partition coefficient (Wildman–Crippen LogP) is 6.76. The highest BCUT2D eigenvalue weighted by Gasteiger charge is 2.10. The molecule has 2 aromatic rings. The summed E-state index contributed by atoms with van der Waals surface area (Å²) < 4.78 is 21.1. The second-order valence-electron chi connectivity index (χ2n) is 7.48. The maximum Gasteiger partial charge on any atom is 0.343 e. The number of allylic oxidation sites excluding steroid dienone is 4. The largest absolute Gasteiger partial charge is 0.493 e. The molecule has 0 heterocycles. The van der Waals surface area contributed by atoms with Gasteiger partial charge in [0.05, 0.1) is 24.3 Å². The van der Waals surface area contributed by atoms with Gasteiger partial charge in [0.15, 0.2) is 0 Å². The molecule has 0 aliphatic carbocycles. The summed E-state index contributed by atoms with van der Waals surface area (Å²) in [5, 5.41) is 0. The highest BCUT2D eigenvalue weighted by Crippen LogP contribution is 2.15. The maximum absolute atomic E-state index is 12.5. The molecule has 0 atom stereocenters. The van der Waals surface area contributed by atoms with Gasteiger partial charge in [0.25, 0.3) is 0 Å². The molecule has 0 saturated heterocycles. The summed E-state index contributed by atoms with van der Waals surface area (Å²) in [6.45, 7) is 15.2. The van der Waals surface area contributed by atoms with Gasteiger partial charge in [0.2, 0.25) is 0 Å². The summed E-state index contributed by atoms with van der Waals surface area (Å²) >= 11 is 0. The van der Waals surface area contributed by atoms with E-state index in [9.17, 15) is 14.4 Å². The van der Waals surface area contributed by atoms with Crippen molar-refractivity contribution < 1.29 is 33.3 Å². The SMILES string of the molecule is C=CC(=O)OCCCOc1ccc(C(=O)O/C(C=C)=C/C=C(\C)OC(=O)c2ccc(CC)cc2)cc1.CC. The van der Waals surface area contributed by atoms with Gasteiger partial charge in [0.1, 0.15) is 17.3 Å². The van der Waals surface area contributed by atoms with E-state index in [0.717, 1.165) is 18.1 Å². The molecule has 38 heavy (non-hydrogen) atoms. The molecule has 7 nitrogen and oxygen atoms in total. The molecule has 202 valence electrons. The Balaban J connectivity index is 0.00000352. The summed E-state index contributed by atoms with van der Waals surface area (Å²) in [4.78, 5) is 35.7. The second-order valence-corrected chi connectivity index (χ2v) is 7.48. The third kappa shape index (κ3) is 11.6. The van der Waals surface area contributed by atoms with Crippen LogP contribution in [0, 0.1) is 0 Å². The molecule has 0 bridgehead atoms. The molecule has 7 heteroatoms. The van der Waals surface area contributed by atoms with Crippen LogP contribution in [-0.4, -0.2) is 31.1 Å². The monoisotopic (exact) mass is 520 g/mol. The van der Waals surface area contributed by atoms with Crippen molar-refractivity contribution >= 4 is 17.9 Å². The third-order valence-electron chi connectivity index (χ3n) is 4.80. The highest BCUT2D eigenvalue weighted by atomic mass is 16.5. The Morgan fingerprint density at radius 3 is 1.92 bits per heavy atom. The van der Waals surface area contributed by atoms with Crippen LogP contribution in [-0.2, 0) is 25.4 Å². The first kappa shape index (κ1) is 31.6. The minimum Gasteiger partial charge on any atom is -0.493 e. The summed E-state index contributed by atoms with van der Waals surface area (Å²) in [6.07, 6.45) is 6.89. The lowest BCUT2D eigenvalue weighted by atomic mass is 10.1. The first-order chi connectivity index (χ1) is 18.4. The number of esters is 3. The van der Waals surface area contributed by atoms with E-state index in [4.69, 9.17) is 18.9 Å². The lowest BCUT2D eigenvalue weighted by Crippen LogP contribution is -2.07. The molecule has 0 amide bonds. The number of ether oxygens (including phenoxy) is 4. The van der Waals surface area contributed by atoms with Crippen molar-refractivity contribution in [1.82, 2.24) is 0 Å². The highest BCUT2D eigenvalue weighted by molar-refractivity contribution is 5.91. The van der Waals surface area contributed by atoms with E-state index in [1.165, 1.54) is 18.2 Å². The predicted molar refractivity (Wildman–Crippen MR) is 148 cm³/mol. The average molecular weight is 521 g/mol. The Bertz CT molecular complexity index is 1120. The van der Waals surface area contributed by atoms with Crippen molar-refractivity contribution in [3.63, 3.8) is 0 Å². The summed E-state index contributed by atoms with van der Waals surface area (Å²) in [5.41, 5.74) is 1.89. The number of benzene rings is 2. The van der Waals surface area contributed by atoms with Crippen LogP contribution in [0.5, 0.6) is 5.75 Å². The van der Waals surface area contributed by atoms with Crippen LogP contribution in [0.1, 0.15) is 60.4 Å². The number of rotatable bonds is 13. The molecule has 0 radical (unpaired) electrons. The lowest BCUT2D eigenvalue weighted by Gasteiger charge is -2.08. The molecule has 0 fully saturated rings. The number of carbonyl (C=O) groups is 3. The molecule has 0 N–H and O–H groups in total. The first-order valence-electron chi connectivity index (χ1n) is 12.4. The van der Waals surface area contributed by atoms with Crippen molar-refractivity contribution in [3.05, 3.63) is 114 Å².